The van der Waals surface area contributed by atoms with E-state index in [0.29, 0.717) is 10.9 Å². The summed E-state index contributed by atoms with van der Waals surface area (Å²) in [5, 5.41) is 9.31. The number of aliphatic hydroxyl groups is 1. The Balaban J connectivity index is 2.20. The first-order valence-electron chi connectivity index (χ1n) is 4.99. The van der Waals surface area contributed by atoms with Crippen LogP contribution in [0.3, 0.4) is 0 Å². The van der Waals surface area contributed by atoms with Gasteiger partial charge in [0.25, 0.3) is 0 Å². The van der Waals surface area contributed by atoms with Gasteiger partial charge in [-0.15, -0.1) is 11.3 Å². The maximum atomic E-state index is 9.31. The lowest BCUT2D eigenvalue weighted by atomic mass is 10.0. The molecule has 0 fully saturated rings. The van der Waals surface area contributed by atoms with Crippen LogP contribution < -0.4 is 4.74 Å². The first-order chi connectivity index (χ1) is 7.61. The van der Waals surface area contributed by atoms with E-state index in [-0.39, 0.29) is 6.61 Å². The fraction of sp³-hybridized carbons (Fsp3) is 0.364. The second-order valence-corrected chi connectivity index (χ2v) is 5.83. The monoisotopic (exact) mass is 255 g/mol. The van der Waals surface area contributed by atoms with E-state index in [4.69, 9.17) is 16.3 Å². The molecule has 3 nitrogen and oxygen atoms in total. The van der Waals surface area contributed by atoms with Crippen LogP contribution >= 0.6 is 22.9 Å². The number of fused-ring (bicyclic) bond motifs is 3. The summed E-state index contributed by atoms with van der Waals surface area (Å²) in [6.45, 7) is 1.91. The average molecular weight is 256 g/mol. The van der Waals surface area contributed by atoms with Crippen LogP contribution in [-0.2, 0) is 6.42 Å². The number of aromatic nitrogens is 1. The highest BCUT2D eigenvalue weighted by atomic mass is 35.5. The fourth-order valence-electron chi connectivity index (χ4n) is 2.03. The molecule has 1 aromatic heterocycles. The van der Waals surface area contributed by atoms with Crippen LogP contribution in [0.5, 0.6) is 5.75 Å². The number of hydrogen-bond donors (Lipinski definition) is 1. The molecule has 0 spiro atoms. The summed E-state index contributed by atoms with van der Waals surface area (Å²) < 4.78 is 7.36. The van der Waals surface area contributed by atoms with Gasteiger partial charge in [-0.3, -0.25) is 0 Å². The molecule has 0 radical (unpaired) electrons. The van der Waals surface area contributed by atoms with Crippen molar-refractivity contribution < 1.29 is 9.84 Å². The molecule has 2 heterocycles. The van der Waals surface area contributed by atoms with Gasteiger partial charge in [-0.1, -0.05) is 11.6 Å². The van der Waals surface area contributed by atoms with Gasteiger partial charge in [0.2, 0.25) is 0 Å². The minimum atomic E-state index is -0.507. The summed E-state index contributed by atoms with van der Waals surface area (Å²) in [6, 6.07) is 3.80. The SMILES string of the molecule is CC1(CO)Cc2c(ccc3nc(Cl)sc23)O1. The summed E-state index contributed by atoms with van der Waals surface area (Å²) in [5.74, 6) is 0.837. The molecule has 0 bridgehead atoms. The van der Waals surface area contributed by atoms with Crippen LogP contribution in [-0.4, -0.2) is 22.3 Å². The molecule has 3 rings (SSSR count). The molecule has 0 saturated carbocycles. The Morgan fingerprint density at radius 1 is 1.62 bits per heavy atom. The maximum Gasteiger partial charge on any atom is 0.184 e. The van der Waals surface area contributed by atoms with E-state index in [2.05, 4.69) is 4.98 Å². The van der Waals surface area contributed by atoms with E-state index < -0.39 is 5.60 Å². The van der Waals surface area contributed by atoms with Gasteiger partial charge < -0.3 is 9.84 Å². The third-order valence-corrected chi connectivity index (χ3v) is 4.07. The summed E-state index contributed by atoms with van der Waals surface area (Å²) in [4.78, 5) is 4.23. The minimum Gasteiger partial charge on any atom is -0.484 e. The molecule has 1 aliphatic heterocycles. The number of benzene rings is 1. The zero-order chi connectivity index (χ0) is 11.3. The van der Waals surface area contributed by atoms with Crippen LogP contribution in [0.2, 0.25) is 4.47 Å². The standard InChI is InChI=1S/C11H10ClNO2S/c1-11(5-14)4-6-8(15-11)3-2-7-9(6)16-10(12)13-7/h2-3,14H,4-5H2,1H3. The number of aliphatic hydroxyl groups excluding tert-OH is 1. The van der Waals surface area contributed by atoms with Gasteiger partial charge in [-0.25, -0.2) is 4.98 Å². The molecule has 84 valence electrons. The summed E-state index contributed by atoms with van der Waals surface area (Å²) in [5.41, 5.74) is 1.51. The van der Waals surface area contributed by atoms with E-state index in [1.807, 2.05) is 19.1 Å². The summed E-state index contributed by atoms with van der Waals surface area (Å²) in [6.07, 6.45) is 0.703. The van der Waals surface area contributed by atoms with Crippen LogP contribution in [0.25, 0.3) is 10.2 Å². The fourth-order valence-corrected chi connectivity index (χ4v) is 3.18. The Morgan fingerprint density at radius 2 is 2.44 bits per heavy atom. The maximum absolute atomic E-state index is 9.31. The Hall–Kier alpha value is -0.840. The van der Waals surface area contributed by atoms with Crippen molar-refractivity contribution >= 4 is 33.2 Å². The molecule has 1 aromatic carbocycles. The van der Waals surface area contributed by atoms with Crippen molar-refractivity contribution in [2.24, 2.45) is 0 Å². The van der Waals surface area contributed by atoms with Crippen LogP contribution in [0.15, 0.2) is 12.1 Å². The van der Waals surface area contributed by atoms with Crippen molar-refractivity contribution in [1.82, 2.24) is 4.98 Å². The highest BCUT2D eigenvalue weighted by molar-refractivity contribution is 7.22. The van der Waals surface area contributed by atoms with Gasteiger partial charge >= 0.3 is 0 Å². The smallest absolute Gasteiger partial charge is 0.184 e. The first kappa shape index (κ1) is 10.3. The number of thiazole rings is 1. The van der Waals surface area contributed by atoms with Gasteiger partial charge in [0.1, 0.15) is 11.4 Å². The zero-order valence-corrected chi connectivity index (χ0v) is 10.2. The molecule has 1 atom stereocenters. The number of ether oxygens (including phenoxy) is 1. The second kappa shape index (κ2) is 3.32. The van der Waals surface area contributed by atoms with E-state index in [9.17, 15) is 5.11 Å². The number of nitrogens with zero attached hydrogens (tertiary/aromatic N) is 1. The van der Waals surface area contributed by atoms with Gasteiger partial charge in [-0.05, 0) is 19.1 Å². The van der Waals surface area contributed by atoms with Gasteiger partial charge in [0.15, 0.2) is 4.47 Å². The summed E-state index contributed by atoms with van der Waals surface area (Å²) >= 11 is 7.37. The second-order valence-electron chi connectivity index (χ2n) is 4.24. The van der Waals surface area contributed by atoms with Crippen LogP contribution in [0.4, 0.5) is 0 Å². The van der Waals surface area contributed by atoms with E-state index in [1.54, 1.807) is 0 Å². The Labute approximate surface area is 102 Å². The molecule has 1 N–H and O–H groups in total. The molecule has 5 heteroatoms. The minimum absolute atomic E-state index is 0.00963. The first-order valence-corrected chi connectivity index (χ1v) is 6.18. The predicted molar refractivity (Wildman–Crippen MR) is 64.5 cm³/mol. The number of hydrogen-bond acceptors (Lipinski definition) is 4. The molecule has 1 unspecified atom stereocenters. The molecule has 1 aliphatic rings. The molecule has 16 heavy (non-hydrogen) atoms. The topological polar surface area (TPSA) is 42.4 Å². The zero-order valence-electron chi connectivity index (χ0n) is 8.66. The predicted octanol–water partition coefficient (Wildman–Crippen LogP) is 2.64. The van der Waals surface area contributed by atoms with Crippen molar-refractivity contribution in [3.8, 4) is 5.75 Å². The largest absolute Gasteiger partial charge is 0.484 e. The van der Waals surface area contributed by atoms with E-state index in [0.717, 1.165) is 21.5 Å². The molecular formula is C11H10ClNO2S. The number of halogens is 1. The lowest BCUT2D eigenvalue weighted by Crippen LogP contribution is -2.34. The highest BCUT2D eigenvalue weighted by Gasteiger charge is 2.35. The lowest BCUT2D eigenvalue weighted by molar-refractivity contribution is 0.0447. The van der Waals surface area contributed by atoms with Crippen molar-refractivity contribution in [3.05, 3.63) is 22.2 Å². The van der Waals surface area contributed by atoms with E-state index in [1.165, 1.54) is 11.3 Å². The van der Waals surface area contributed by atoms with Crippen LogP contribution in [0.1, 0.15) is 12.5 Å². The van der Waals surface area contributed by atoms with Gasteiger partial charge in [0, 0.05) is 12.0 Å². The van der Waals surface area contributed by atoms with Crippen molar-refractivity contribution in [2.45, 2.75) is 18.9 Å². The van der Waals surface area contributed by atoms with Crippen molar-refractivity contribution in [1.29, 1.82) is 0 Å². The lowest BCUT2D eigenvalue weighted by Gasteiger charge is -2.20. The Morgan fingerprint density at radius 3 is 3.19 bits per heavy atom. The molecule has 0 amide bonds. The van der Waals surface area contributed by atoms with Gasteiger partial charge in [0.05, 0.1) is 16.8 Å². The van der Waals surface area contributed by atoms with Crippen LogP contribution in [0, 0.1) is 0 Å². The van der Waals surface area contributed by atoms with Crippen molar-refractivity contribution in [3.63, 3.8) is 0 Å². The normalized spacial score (nSPS) is 23.4. The molecule has 2 aromatic rings. The molecular weight excluding hydrogens is 246 g/mol. The quantitative estimate of drug-likeness (QED) is 0.852. The Kier molecular flexibility index (Phi) is 2.14. The third-order valence-electron chi connectivity index (χ3n) is 2.83. The van der Waals surface area contributed by atoms with E-state index >= 15 is 0 Å². The molecule has 0 saturated heterocycles. The number of rotatable bonds is 1. The Bertz CT molecular complexity index is 568. The average Bonchev–Trinajstić information content (AvgIpc) is 2.77. The highest BCUT2D eigenvalue weighted by Crippen LogP contribution is 2.42. The molecule has 0 aliphatic carbocycles. The van der Waals surface area contributed by atoms with Crippen molar-refractivity contribution in [2.75, 3.05) is 6.61 Å². The third kappa shape index (κ3) is 1.41. The van der Waals surface area contributed by atoms with Gasteiger partial charge in [-0.2, -0.15) is 0 Å². The summed E-state index contributed by atoms with van der Waals surface area (Å²) in [7, 11) is 0.